The maximum Gasteiger partial charge on any atom is 0.410 e. The van der Waals surface area contributed by atoms with Gasteiger partial charge < -0.3 is 19.3 Å². The van der Waals surface area contributed by atoms with Gasteiger partial charge in [0.25, 0.3) is 5.91 Å². The summed E-state index contributed by atoms with van der Waals surface area (Å²) in [4.78, 5) is 30.6. The molecular formula is C32H39ClFN5O4. The van der Waals surface area contributed by atoms with E-state index >= 15 is 0 Å². The maximum absolute atomic E-state index is 14.1. The minimum Gasteiger partial charge on any atom is -0.444 e. The summed E-state index contributed by atoms with van der Waals surface area (Å²) < 4.78 is 26.7. The van der Waals surface area contributed by atoms with Gasteiger partial charge in [-0.3, -0.25) is 4.79 Å². The molecule has 0 bridgehead atoms. The Morgan fingerprint density at radius 3 is 2.72 bits per heavy atom. The smallest absolute Gasteiger partial charge is 0.410 e. The zero-order valence-electron chi connectivity index (χ0n) is 25.4. The van der Waals surface area contributed by atoms with Gasteiger partial charge in [0.05, 0.1) is 47.4 Å². The number of aromatic nitrogens is 3. The van der Waals surface area contributed by atoms with Gasteiger partial charge in [0, 0.05) is 25.0 Å². The van der Waals surface area contributed by atoms with Crippen molar-refractivity contribution >= 4 is 23.6 Å². The van der Waals surface area contributed by atoms with E-state index in [1.54, 1.807) is 27.9 Å². The van der Waals surface area contributed by atoms with Crippen molar-refractivity contribution in [3.05, 3.63) is 75.8 Å². The van der Waals surface area contributed by atoms with Crippen LogP contribution >= 0.6 is 11.6 Å². The van der Waals surface area contributed by atoms with E-state index in [0.29, 0.717) is 56.1 Å². The van der Waals surface area contributed by atoms with Crippen LogP contribution in [0.1, 0.15) is 67.7 Å². The Morgan fingerprint density at radius 1 is 1.19 bits per heavy atom. The Labute approximate surface area is 256 Å². The zero-order valence-corrected chi connectivity index (χ0v) is 26.2. The van der Waals surface area contributed by atoms with E-state index in [1.165, 1.54) is 6.07 Å². The van der Waals surface area contributed by atoms with Crippen LogP contribution < -0.4 is 0 Å². The summed E-state index contributed by atoms with van der Waals surface area (Å²) in [5.74, 6) is -0.558. The quantitative estimate of drug-likeness (QED) is 0.351. The number of nitrogens with zero attached hydrogens (tertiary/aromatic N) is 5. The molecule has 230 valence electrons. The molecule has 0 radical (unpaired) electrons. The molecule has 0 spiro atoms. The van der Waals surface area contributed by atoms with Crippen molar-refractivity contribution < 1.29 is 23.5 Å². The van der Waals surface area contributed by atoms with Crippen LogP contribution in [0.3, 0.4) is 0 Å². The van der Waals surface area contributed by atoms with E-state index in [-0.39, 0.29) is 23.1 Å². The van der Waals surface area contributed by atoms with Crippen LogP contribution in [-0.2, 0) is 22.3 Å². The monoisotopic (exact) mass is 611 g/mol. The highest BCUT2D eigenvalue weighted by Gasteiger charge is 2.41. The normalized spacial score (nSPS) is 20.9. The minimum absolute atomic E-state index is 0.0776. The zero-order chi connectivity index (χ0) is 30.9. The van der Waals surface area contributed by atoms with Gasteiger partial charge in [-0.25, -0.2) is 13.9 Å². The maximum atomic E-state index is 14.1. The average molecular weight is 612 g/mol. The Kier molecular flexibility index (Phi) is 8.81. The molecule has 2 unspecified atom stereocenters. The first-order valence-corrected chi connectivity index (χ1v) is 15.1. The molecule has 2 fully saturated rings. The topological polar surface area (TPSA) is 89.8 Å². The molecule has 0 N–H and O–H groups in total. The fraction of sp³-hybridized carbons (Fsp3) is 0.500. The molecule has 3 aromatic rings. The van der Waals surface area contributed by atoms with Crippen molar-refractivity contribution in [2.75, 3.05) is 26.3 Å². The lowest BCUT2D eigenvalue weighted by Crippen LogP contribution is -2.51. The molecule has 1 aromatic heterocycles. The molecule has 0 aliphatic carbocycles. The number of morpholine rings is 1. The lowest BCUT2D eigenvalue weighted by Gasteiger charge is -2.36. The third-order valence-corrected chi connectivity index (χ3v) is 8.32. The summed E-state index contributed by atoms with van der Waals surface area (Å²) in [5.41, 5.74) is 2.61. The molecule has 2 saturated heterocycles. The van der Waals surface area contributed by atoms with E-state index in [9.17, 15) is 14.0 Å². The van der Waals surface area contributed by atoms with Crippen LogP contribution in [0, 0.1) is 12.7 Å². The molecule has 2 aliphatic heterocycles. The molecule has 43 heavy (non-hydrogen) atoms. The third kappa shape index (κ3) is 7.02. The summed E-state index contributed by atoms with van der Waals surface area (Å²) in [6.07, 6.45) is 4.10. The Bertz CT molecular complexity index is 1510. The standard InChI is InChI=1S/C32H39ClFN5O4/c1-21-7-9-25(29(40)38-12-6-11-32(38,5)18-22-8-10-27(34)26(33)16-22)28(15-21)39-19-23(35-36-39)17-24-20-42-14-13-37(24)30(41)43-31(2,3)4/h7-10,15-16,19,24H,6,11-14,17-18,20H2,1-5H3. The van der Waals surface area contributed by atoms with Gasteiger partial charge in [-0.2, -0.15) is 0 Å². The second-order valence-corrected chi connectivity index (χ2v) is 13.2. The average Bonchev–Trinajstić information content (AvgIpc) is 3.56. The fourth-order valence-corrected chi connectivity index (χ4v) is 6.14. The van der Waals surface area contributed by atoms with Crippen molar-refractivity contribution in [1.82, 2.24) is 24.8 Å². The number of ether oxygens (including phenoxy) is 2. The van der Waals surface area contributed by atoms with Crippen molar-refractivity contribution in [3.63, 3.8) is 0 Å². The van der Waals surface area contributed by atoms with Crippen molar-refractivity contribution in [2.45, 2.75) is 77.5 Å². The van der Waals surface area contributed by atoms with E-state index in [0.717, 1.165) is 24.0 Å². The fourth-order valence-electron chi connectivity index (χ4n) is 5.94. The van der Waals surface area contributed by atoms with Gasteiger partial charge in [-0.05, 0) is 89.3 Å². The summed E-state index contributed by atoms with van der Waals surface area (Å²) in [6.45, 7) is 11.4. The summed E-state index contributed by atoms with van der Waals surface area (Å²) in [7, 11) is 0. The highest BCUT2D eigenvalue weighted by molar-refractivity contribution is 6.30. The number of aryl methyl sites for hydroxylation is 1. The van der Waals surface area contributed by atoms with Crippen LogP contribution in [0.4, 0.5) is 9.18 Å². The largest absolute Gasteiger partial charge is 0.444 e. The molecular weight excluding hydrogens is 573 g/mol. The predicted octanol–water partition coefficient (Wildman–Crippen LogP) is 5.78. The van der Waals surface area contributed by atoms with Crippen LogP contribution in [0.25, 0.3) is 5.69 Å². The molecule has 3 heterocycles. The number of benzene rings is 2. The molecule has 5 rings (SSSR count). The Morgan fingerprint density at radius 2 is 1.98 bits per heavy atom. The number of amides is 2. The second-order valence-electron chi connectivity index (χ2n) is 12.8. The van der Waals surface area contributed by atoms with Gasteiger partial charge in [0.15, 0.2) is 0 Å². The Balaban J connectivity index is 1.37. The first-order valence-electron chi connectivity index (χ1n) is 14.7. The van der Waals surface area contributed by atoms with E-state index in [1.807, 2.05) is 50.8 Å². The van der Waals surface area contributed by atoms with Gasteiger partial charge in [-0.15, -0.1) is 5.10 Å². The Hall–Kier alpha value is -3.50. The second kappa shape index (κ2) is 12.2. The summed E-state index contributed by atoms with van der Waals surface area (Å²) in [5, 5.41) is 8.85. The van der Waals surface area contributed by atoms with Crippen LogP contribution in [0.15, 0.2) is 42.6 Å². The molecule has 9 nitrogen and oxygen atoms in total. The molecule has 11 heteroatoms. The molecule has 2 atom stereocenters. The van der Waals surface area contributed by atoms with E-state index in [2.05, 4.69) is 17.2 Å². The number of likely N-dealkylation sites (tertiary alicyclic amines) is 1. The SMILES string of the molecule is Cc1ccc(C(=O)N2CCCC2(C)Cc2ccc(F)c(Cl)c2)c(-n2cc(CC3COCCN3C(=O)OC(C)(C)C)nn2)c1. The lowest BCUT2D eigenvalue weighted by atomic mass is 9.89. The highest BCUT2D eigenvalue weighted by Crippen LogP contribution is 2.35. The van der Waals surface area contributed by atoms with Gasteiger partial charge >= 0.3 is 6.09 Å². The molecule has 2 amide bonds. The van der Waals surface area contributed by atoms with Crippen LogP contribution in [-0.4, -0.2) is 80.3 Å². The third-order valence-electron chi connectivity index (χ3n) is 8.03. The lowest BCUT2D eigenvalue weighted by molar-refractivity contribution is -0.0321. The van der Waals surface area contributed by atoms with Crippen LogP contribution in [0.2, 0.25) is 5.02 Å². The molecule has 2 aliphatic rings. The highest BCUT2D eigenvalue weighted by atomic mass is 35.5. The van der Waals surface area contributed by atoms with Gasteiger partial charge in [0.1, 0.15) is 11.4 Å². The predicted molar refractivity (Wildman–Crippen MR) is 161 cm³/mol. The van der Waals surface area contributed by atoms with E-state index in [4.69, 9.17) is 21.1 Å². The molecule has 2 aromatic carbocycles. The summed E-state index contributed by atoms with van der Waals surface area (Å²) in [6, 6.07) is 10.2. The summed E-state index contributed by atoms with van der Waals surface area (Å²) >= 11 is 6.05. The van der Waals surface area contributed by atoms with Crippen molar-refractivity contribution in [1.29, 1.82) is 0 Å². The first kappa shape index (κ1) is 30.9. The van der Waals surface area contributed by atoms with Gasteiger partial charge in [-0.1, -0.05) is 28.9 Å². The molecule has 0 saturated carbocycles. The van der Waals surface area contributed by atoms with Crippen LogP contribution in [0.5, 0.6) is 0 Å². The van der Waals surface area contributed by atoms with Gasteiger partial charge in [0.2, 0.25) is 0 Å². The first-order chi connectivity index (χ1) is 20.3. The number of carbonyl (C=O) groups excluding carboxylic acids is 2. The van der Waals surface area contributed by atoms with Crippen molar-refractivity contribution in [3.8, 4) is 5.69 Å². The number of hydrogen-bond acceptors (Lipinski definition) is 6. The number of halogens is 2. The van der Waals surface area contributed by atoms with Crippen molar-refractivity contribution in [2.24, 2.45) is 0 Å². The minimum atomic E-state index is -0.603. The number of rotatable bonds is 6. The number of carbonyl (C=O) groups is 2. The van der Waals surface area contributed by atoms with E-state index < -0.39 is 17.0 Å². The number of hydrogen-bond donors (Lipinski definition) is 0.